The highest BCUT2D eigenvalue weighted by molar-refractivity contribution is 8.26. The van der Waals surface area contributed by atoms with Crippen molar-refractivity contribution in [1.29, 1.82) is 0 Å². The number of rotatable bonds is 6. The average Bonchev–Trinajstić information content (AvgIpc) is 3.21. The number of hydrogen-bond donors (Lipinski definition) is 1. The second-order valence-corrected chi connectivity index (χ2v) is 7.54. The summed E-state index contributed by atoms with van der Waals surface area (Å²) in [6, 6.07) is 11.2. The molecule has 1 fully saturated rings. The molecule has 5 nitrogen and oxygen atoms in total. The first-order valence-electron chi connectivity index (χ1n) is 8.18. The fourth-order valence-corrected chi connectivity index (χ4v) is 3.74. The molecule has 2 aromatic rings. The minimum atomic E-state index is -0.143. The Balaban J connectivity index is 1.50. The predicted octanol–water partition coefficient (Wildman–Crippen LogP) is 4.21. The zero-order chi connectivity index (χ0) is 18.5. The van der Waals surface area contributed by atoms with Gasteiger partial charge in [0, 0.05) is 24.7 Å². The lowest BCUT2D eigenvalue weighted by Crippen LogP contribution is -2.29. The summed E-state index contributed by atoms with van der Waals surface area (Å²) < 4.78 is 5.74. The van der Waals surface area contributed by atoms with E-state index in [0.29, 0.717) is 34.4 Å². The number of thiocarbonyl (C=S) groups is 1. The van der Waals surface area contributed by atoms with Crippen molar-refractivity contribution in [2.75, 3.05) is 11.9 Å². The van der Waals surface area contributed by atoms with Crippen LogP contribution in [0.4, 0.5) is 5.69 Å². The maximum atomic E-state index is 12.4. The summed E-state index contributed by atoms with van der Waals surface area (Å²) in [5, 5.41) is 2.85. The standard InChI is InChI=1S/C19H18N2O3S2/c1-13-6-8-14(9-7-13)20-17(22)5-2-10-21-18(23)16(26-19(21)25)12-15-4-3-11-24-15/h3-4,6-9,11-12H,2,5,10H2,1H3,(H,20,22). The predicted molar refractivity (Wildman–Crippen MR) is 108 cm³/mol. The molecule has 7 heteroatoms. The number of carbonyl (C=O) groups excluding carboxylic acids is 2. The van der Waals surface area contributed by atoms with Crippen molar-refractivity contribution < 1.29 is 14.0 Å². The Morgan fingerprint density at radius 2 is 2.08 bits per heavy atom. The van der Waals surface area contributed by atoms with Crippen LogP contribution in [-0.2, 0) is 9.59 Å². The van der Waals surface area contributed by atoms with Gasteiger partial charge in [0.2, 0.25) is 5.91 Å². The number of carbonyl (C=O) groups is 2. The SMILES string of the molecule is Cc1ccc(NC(=O)CCCN2C(=O)C(=Cc3ccco3)SC2=S)cc1. The van der Waals surface area contributed by atoms with Crippen LogP contribution in [0.2, 0.25) is 0 Å². The second kappa shape index (κ2) is 8.33. The molecule has 1 aromatic heterocycles. The van der Waals surface area contributed by atoms with Crippen molar-refractivity contribution in [3.8, 4) is 0 Å². The molecule has 2 heterocycles. The summed E-state index contributed by atoms with van der Waals surface area (Å²) in [6.07, 6.45) is 4.10. The van der Waals surface area contributed by atoms with Crippen LogP contribution >= 0.6 is 24.0 Å². The van der Waals surface area contributed by atoms with Gasteiger partial charge in [0.15, 0.2) is 0 Å². The molecule has 134 valence electrons. The highest BCUT2D eigenvalue weighted by Gasteiger charge is 2.31. The lowest BCUT2D eigenvalue weighted by Gasteiger charge is -2.14. The Bertz CT molecular complexity index is 842. The number of furan rings is 1. The van der Waals surface area contributed by atoms with Gasteiger partial charge in [0.1, 0.15) is 10.1 Å². The monoisotopic (exact) mass is 386 g/mol. The van der Waals surface area contributed by atoms with E-state index in [4.69, 9.17) is 16.6 Å². The first-order valence-corrected chi connectivity index (χ1v) is 9.41. The minimum absolute atomic E-state index is 0.0783. The van der Waals surface area contributed by atoms with E-state index in [9.17, 15) is 9.59 Å². The van der Waals surface area contributed by atoms with E-state index in [2.05, 4.69) is 5.32 Å². The number of thioether (sulfide) groups is 1. The molecule has 0 radical (unpaired) electrons. The zero-order valence-electron chi connectivity index (χ0n) is 14.2. The second-order valence-electron chi connectivity index (χ2n) is 5.87. The molecule has 1 aromatic carbocycles. The third-order valence-corrected chi connectivity index (χ3v) is 5.19. The summed E-state index contributed by atoms with van der Waals surface area (Å²) in [5.41, 5.74) is 1.91. The Hall–Kier alpha value is -2.38. The van der Waals surface area contributed by atoms with Crippen molar-refractivity contribution in [3.63, 3.8) is 0 Å². The largest absolute Gasteiger partial charge is 0.465 e. The maximum Gasteiger partial charge on any atom is 0.266 e. The fraction of sp³-hybridized carbons (Fsp3) is 0.211. The van der Waals surface area contributed by atoms with Crippen molar-refractivity contribution in [3.05, 3.63) is 58.9 Å². The van der Waals surface area contributed by atoms with Crippen molar-refractivity contribution in [2.24, 2.45) is 0 Å². The molecule has 0 bridgehead atoms. The van der Waals surface area contributed by atoms with Gasteiger partial charge in [-0.2, -0.15) is 0 Å². The molecule has 1 N–H and O–H groups in total. The fourth-order valence-electron chi connectivity index (χ4n) is 2.45. The molecule has 0 spiro atoms. The average molecular weight is 386 g/mol. The van der Waals surface area contributed by atoms with E-state index in [1.807, 2.05) is 31.2 Å². The van der Waals surface area contributed by atoms with Gasteiger partial charge in [-0.15, -0.1) is 0 Å². The van der Waals surface area contributed by atoms with Crippen molar-refractivity contribution >= 4 is 51.9 Å². The first kappa shape index (κ1) is 18.4. The van der Waals surface area contributed by atoms with Crippen LogP contribution in [0.3, 0.4) is 0 Å². The molecule has 1 aliphatic heterocycles. The lowest BCUT2D eigenvalue weighted by molar-refractivity contribution is -0.122. The van der Waals surface area contributed by atoms with Crippen molar-refractivity contribution in [1.82, 2.24) is 4.90 Å². The Kier molecular flexibility index (Phi) is 5.90. The Morgan fingerprint density at radius 3 is 2.77 bits per heavy atom. The molecule has 0 aliphatic carbocycles. The van der Waals surface area contributed by atoms with Crippen LogP contribution in [0.15, 0.2) is 52.0 Å². The van der Waals surface area contributed by atoms with E-state index >= 15 is 0 Å². The number of hydrogen-bond acceptors (Lipinski definition) is 5. The van der Waals surface area contributed by atoms with Crippen molar-refractivity contribution in [2.45, 2.75) is 19.8 Å². The van der Waals surface area contributed by atoms with Gasteiger partial charge in [-0.3, -0.25) is 14.5 Å². The number of nitrogens with one attached hydrogen (secondary N) is 1. The van der Waals surface area contributed by atoms with Crippen LogP contribution in [0.1, 0.15) is 24.2 Å². The molecule has 0 atom stereocenters. The van der Waals surface area contributed by atoms with Crippen LogP contribution in [0.25, 0.3) is 6.08 Å². The zero-order valence-corrected chi connectivity index (χ0v) is 15.9. The smallest absolute Gasteiger partial charge is 0.266 e. The molecule has 0 saturated carbocycles. The quantitative estimate of drug-likeness (QED) is 0.595. The molecule has 2 amide bonds. The summed E-state index contributed by atoms with van der Waals surface area (Å²) in [7, 11) is 0. The Labute approximate surface area is 161 Å². The summed E-state index contributed by atoms with van der Waals surface area (Å²) in [6.45, 7) is 2.41. The van der Waals surface area contributed by atoms with E-state index in [1.165, 1.54) is 16.7 Å². The normalized spacial score (nSPS) is 15.7. The Morgan fingerprint density at radius 1 is 1.31 bits per heavy atom. The van der Waals surface area contributed by atoms with Gasteiger partial charge >= 0.3 is 0 Å². The molecule has 3 rings (SSSR count). The molecular formula is C19H18N2O3S2. The van der Waals surface area contributed by atoms with Gasteiger partial charge in [-0.25, -0.2) is 0 Å². The van der Waals surface area contributed by atoms with Crippen LogP contribution in [0, 0.1) is 6.92 Å². The van der Waals surface area contributed by atoms with Gasteiger partial charge < -0.3 is 9.73 Å². The van der Waals surface area contributed by atoms with Crippen LogP contribution < -0.4 is 5.32 Å². The van der Waals surface area contributed by atoms with Gasteiger partial charge in [-0.05, 0) is 37.6 Å². The maximum absolute atomic E-state index is 12.4. The highest BCUT2D eigenvalue weighted by atomic mass is 32.2. The molecule has 1 saturated heterocycles. The third-order valence-electron chi connectivity index (χ3n) is 3.81. The van der Waals surface area contributed by atoms with Gasteiger partial charge in [0.25, 0.3) is 5.91 Å². The van der Waals surface area contributed by atoms with Gasteiger partial charge in [0.05, 0.1) is 11.2 Å². The number of aryl methyl sites for hydroxylation is 1. The van der Waals surface area contributed by atoms with E-state index in [1.54, 1.807) is 24.5 Å². The topological polar surface area (TPSA) is 62.6 Å². The number of nitrogens with zero attached hydrogens (tertiary/aromatic N) is 1. The van der Waals surface area contributed by atoms with Crippen LogP contribution in [0.5, 0.6) is 0 Å². The van der Waals surface area contributed by atoms with E-state index < -0.39 is 0 Å². The summed E-state index contributed by atoms with van der Waals surface area (Å²) in [5.74, 6) is 0.392. The molecular weight excluding hydrogens is 368 g/mol. The minimum Gasteiger partial charge on any atom is -0.465 e. The third kappa shape index (κ3) is 4.62. The van der Waals surface area contributed by atoms with E-state index in [-0.39, 0.29) is 11.8 Å². The molecule has 26 heavy (non-hydrogen) atoms. The van der Waals surface area contributed by atoms with Crippen LogP contribution in [-0.4, -0.2) is 27.6 Å². The number of amides is 2. The number of anilines is 1. The molecule has 0 unspecified atom stereocenters. The number of benzene rings is 1. The van der Waals surface area contributed by atoms with E-state index in [0.717, 1.165) is 11.3 Å². The molecule has 1 aliphatic rings. The highest BCUT2D eigenvalue weighted by Crippen LogP contribution is 2.32. The summed E-state index contributed by atoms with van der Waals surface area (Å²) in [4.78, 5) is 26.6. The van der Waals surface area contributed by atoms with Gasteiger partial charge in [-0.1, -0.05) is 41.7 Å². The first-order chi connectivity index (χ1) is 12.5. The lowest BCUT2D eigenvalue weighted by atomic mass is 10.2. The summed E-state index contributed by atoms with van der Waals surface area (Å²) >= 11 is 6.53.